The van der Waals surface area contributed by atoms with Crippen molar-refractivity contribution in [3.8, 4) is 5.82 Å². The molecular formula is C13H18N6O. The second-order valence-electron chi connectivity index (χ2n) is 4.47. The van der Waals surface area contributed by atoms with Crippen LogP contribution in [0.25, 0.3) is 5.82 Å². The number of primary amides is 1. The summed E-state index contributed by atoms with van der Waals surface area (Å²) in [5.41, 5.74) is 6.46. The van der Waals surface area contributed by atoms with Crippen molar-refractivity contribution in [1.82, 2.24) is 19.7 Å². The predicted octanol–water partition coefficient (Wildman–Crippen LogP) is 1.06. The molecule has 0 aliphatic rings. The lowest BCUT2D eigenvalue weighted by Crippen LogP contribution is -2.11. The molecule has 2 rings (SSSR count). The molecule has 0 aliphatic heterocycles. The first kappa shape index (κ1) is 14.0. The summed E-state index contributed by atoms with van der Waals surface area (Å²) in [7, 11) is 1.81. The highest BCUT2D eigenvalue weighted by Crippen LogP contribution is 2.19. The first-order chi connectivity index (χ1) is 9.56. The van der Waals surface area contributed by atoms with Crippen molar-refractivity contribution in [2.75, 3.05) is 12.4 Å². The third-order valence-electron chi connectivity index (χ3n) is 2.96. The van der Waals surface area contributed by atoms with E-state index in [1.54, 1.807) is 10.9 Å². The maximum atomic E-state index is 11.1. The summed E-state index contributed by atoms with van der Waals surface area (Å²) in [6.07, 6.45) is 4.75. The van der Waals surface area contributed by atoms with E-state index in [0.717, 1.165) is 30.0 Å². The molecule has 0 bridgehead atoms. The van der Waals surface area contributed by atoms with E-state index in [4.69, 9.17) is 5.73 Å². The van der Waals surface area contributed by atoms with Gasteiger partial charge in [-0.05, 0) is 13.3 Å². The van der Waals surface area contributed by atoms with Gasteiger partial charge in [0.05, 0.1) is 11.8 Å². The number of aryl methyl sites for hydroxylation is 1. The minimum Gasteiger partial charge on any atom is -0.373 e. The second-order valence-corrected chi connectivity index (χ2v) is 4.47. The fourth-order valence-electron chi connectivity index (χ4n) is 1.92. The molecule has 7 nitrogen and oxygen atoms in total. The summed E-state index contributed by atoms with van der Waals surface area (Å²) in [6, 6.07) is 0. The average Bonchev–Trinajstić information content (AvgIpc) is 2.90. The number of carbonyl (C=O) groups excluding carboxylic acids is 1. The van der Waals surface area contributed by atoms with Gasteiger partial charge in [0, 0.05) is 25.2 Å². The van der Waals surface area contributed by atoms with E-state index in [1.807, 2.05) is 14.0 Å². The lowest BCUT2D eigenvalue weighted by atomic mass is 10.2. The number of nitrogens with one attached hydrogen (secondary N) is 1. The lowest BCUT2D eigenvalue weighted by molar-refractivity contribution is 0.100. The number of nitrogens with two attached hydrogens (primary N) is 1. The van der Waals surface area contributed by atoms with Crippen LogP contribution in [0.4, 0.5) is 5.82 Å². The highest BCUT2D eigenvalue weighted by atomic mass is 16.1. The molecule has 20 heavy (non-hydrogen) atoms. The van der Waals surface area contributed by atoms with E-state index in [1.165, 1.54) is 6.20 Å². The Kier molecular flexibility index (Phi) is 3.97. The van der Waals surface area contributed by atoms with Crippen LogP contribution < -0.4 is 11.1 Å². The normalized spacial score (nSPS) is 10.6. The zero-order valence-corrected chi connectivity index (χ0v) is 11.8. The number of hydrogen-bond acceptors (Lipinski definition) is 5. The molecule has 2 heterocycles. The predicted molar refractivity (Wildman–Crippen MR) is 76.0 cm³/mol. The zero-order valence-electron chi connectivity index (χ0n) is 11.8. The lowest BCUT2D eigenvalue weighted by Gasteiger charge is -2.11. The molecule has 0 spiro atoms. The average molecular weight is 274 g/mol. The van der Waals surface area contributed by atoms with Gasteiger partial charge in [-0.2, -0.15) is 5.10 Å². The number of amides is 1. The third kappa shape index (κ3) is 2.61. The van der Waals surface area contributed by atoms with Crippen LogP contribution in [0.15, 0.2) is 12.4 Å². The van der Waals surface area contributed by atoms with Crippen molar-refractivity contribution in [3.05, 3.63) is 29.3 Å². The molecule has 2 aromatic rings. The number of rotatable bonds is 5. The second kappa shape index (κ2) is 5.68. The number of carbonyl (C=O) groups is 1. The number of anilines is 1. The van der Waals surface area contributed by atoms with Crippen LogP contribution in [-0.2, 0) is 6.42 Å². The Morgan fingerprint density at radius 1 is 1.45 bits per heavy atom. The largest absolute Gasteiger partial charge is 0.373 e. The molecule has 0 saturated carbocycles. The Bertz CT molecular complexity index is 634. The van der Waals surface area contributed by atoms with Crippen LogP contribution in [0.5, 0.6) is 0 Å². The number of nitrogens with zero attached hydrogens (tertiary/aromatic N) is 4. The van der Waals surface area contributed by atoms with Crippen LogP contribution >= 0.6 is 0 Å². The van der Waals surface area contributed by atoms with Gasteiger partial charge in [-0.15, -0.1) is 0 Å². The first-order valence-electron chi connectivity index (χ1n) is 6.47. The van der Waals surface area contributed by atoms with Gasteiger partial charge in [0.1, 0.15) is 11.6 Å². The Labute approximate surface area is 117 Å². The van der Waals surface area contributed by atoms with Gasteiger partial charge in [-0.1, -0.05) is 6.92 Å². The molecule has 0 radical (unpaired) electrons. The molecule has 7 heteroatoms. The molecule has 2 aromatic heterocycles. The van der Waals surface area contributed by atoms with Gasteiger partial charge in [0.25, 0.3) is 5.91 Å². The number of hydrogen-bond donors (Lipinski definition) is 2. The molecule has 0 unspecified atom stereocenters. The Hall–Kier alpha value is -2.44. The van der Waals surface area contributed by atoms with Crippen LogP contribution in [0, 0.1) is 6.92 Å². The van der Waals surface area contributed by atoms with Crippen molar-refractivity contribution in [2.24, 2.45) is 5.73 Å². The van der Waals surface area contributed by atoms with Crippen molar-refractivity contribution in [3.63, 3.8) is 0 Å². The molecule has 0 atom stereocenters. The van der Waals surface area contributed by atoms with Crippen molar-refractivity contribution in [1.29, 1.82) is 0 Å². The summed E-state index contributed by atoms with van der Waals surface area (Å²) in [5, 5.41) is 7.19. The van der Waals surface area contributed by atoms with Crippen LogP contribution in [0.2, 0.25) is 0 Å². The molecular weight excluding hydrogens is 256 g/mol. The summed E-state index contributed by atoms with van der Waals surface area (Å²) in [4.78, 5) is 20.1. The van der Waals surface area contributed by atoms with E-state index in [2.05, 4.69) is 27.3 Å². The van der Waals surface area contributed by atoms with E-state index >= 15 is 0 Å². The molecule has 0 saturated heterocycles. The zero-order chi connectivity index (χ0) is 14.7. The van der Waals surface area contributed by atoms with Gasteiger partial charge < -0.3 is 11.1 Å². The minimum atomic E-state index is -0.509. The number of aromatic nitrogens is 4. The van der Waals surface area contributed by atoms with E-state index in [-0.39, 0.29) is 0 Å². The van der Waals surface area contributed by atoms with Gasteiger partial charge in [0.2, 0.25) is 0 Å². The Balaban J connectivity index is 2.52. The van der Waals surface area contributed by atoms with Gasteiger partial charge in [0.15, 0.2) is 5.82 Å². The quantitative estimate of drug-likeness (QED) is 0.849. The van der Waals surface area contributed by atoms with E-state index in [9.17, 15) is 4.79 Å². The monoisotopic (exact) mass is 274 g/mol. The molecule has 1 amide bonds. The molecule has 3 N–H and O–H groups in total. The summed E-state index contributed by atoms with van der Waals surface area (Å²) >= 11 is 0. The smallest absolute Gasteiger partial charge is 0.251 e. The molecule has 106 valence electrons. The Morgan fingerprint density at radius 3 is 2.75 bits per heavy atom. The van der Waals surface area contributed by atoms with E-state index < -0.39 is 5.91 Å². The van der Waals surface area contributed by atoms with Crippen molar-refractivity contribution < 1.29 is 4.79 Å². The van der Waals surface area contributed by atoms with Crippen LogP contribution in [0.1, 0.15) is 35.1 Å². The maximum absolute atomic E-state index is 11.1. The van der Waals surface area contributed by atoms with Gasteiger partial charge >= 0.3 is 0 Å². The Morgan fingerprint density at radius 2 is 2.20 bits per heavy atom. The SMILES string of the molecule is CCCc1nc(NC)c(C)c(-n2cc(C(N)=O)cn2)n1. The van der Waals surface area contributed by atoms with Crippen molar-refractivity contribution >= 4 is 11.7 Å². The summed E-state index contributed by atoms with van der Waals surface area (Å²) in [5.74, 6) is 1.65. The standard InChI is InChI=1S/C13H18N6O/c1-4-5-10-17-12(15-3)8(2)13(18-10)19-7-9(6-16-19)11(14)20/h6-7H,4-5H2,1-3H3,(H2,14,20)(H,15,17,18). The van der Waals surface area contributed by atoms with Crippen LogP contribution in [0.3, 0.4) is 0 Å². The fourth-order valence-corrected chi connectivity index (χ4v) is 1.92. The highest BCUT2D eigenvalue weighted by molar-refractivity contribution is 5.92. The van der Waals surface area contributed by atoms with Gasteiger partial charge in [-0.25, -0.2) is 14.6 Å². The molecule has 0 fully saturated rings. The van der Waals surface area contributed by atoms with E-state index in [0.29, 0.717) is 11.4 Å². The molecule has 0 aromatic carbocycles. The maximum Gasteiger partial charge on any atom is 0.251 e. The molecule has 0 aliphatic carbocycles. The fraction of sp³-hybridized carbons (Fsp3) is 0.385. The topological polar surface area (TPSA) is 98.7 Å². The summed E-state index contributed by atoms with van der Waals surface area (Å²) < 4.78 is 1.55. The summed E-state index contributed by atoms with van der Waals surface area (Å²) in [6.45, 7) is 3.98. The first-order valence-corrected chi connectivity index (χ1v) is 6.47. The van der Waals surface area contributed by atoms with Crippen molar-refractivity contribution in [2.45, 2.75) is 26.7 Å². The van der Waals surface area contributed by atoms with Gasteiger partial charge in [-0.3, -0.25) is 4.79 Å². The minimum absolute atomic E-state index is 0.353. The third-order valence-corrected chi connectivity index (χ3v) is 2.96. The van der Waals surface area contributed by atoms with Crippen LogP contribution in [-0.4, -0.2) is 32.7 Å². The highest BCUT2D eigenvalue weighted by Gasteiger charge is 2.13.